The lowest BCUT2D eigenvalue weighted by molar-refractivity contribution is 0.511. The zero-order valence-corrected chi connectivity index (χ0v) is 10.3. The van der Waals surface area contributed by atoms with E-state index in [0.29, 0.717) is 22.7 Å². The van der Waals surface area contributed by atoms with Gasteiger partial charge in [0, 0.05) is 6.04 Å². The molecule has 3 N–H and O–H groups in total. The number of nitrogen functional groups attached to an aromatic ring is 1. The summed E-state index contributed by atoms with van der Waals surface area (Å²) in [6.07, 6.45) is 1.07. The minimum atomic E-state index is 0.436. The summed E-state index contributed by atoms with van der Waals surface area (Å²) in [6, 6.07) is 6.12. The third-order valence-electron chi connectivity index (χ3n) is 2.64. The second kappa shape index (κ2) is 5.26. The molecule has 0 bridgehead atoms. The third kappa shape index (κ3) is 3.03. The topological polar surface area (TPSA) is 38.0 Å². The van der Waals surface area contributed by atoms with Gasteiger partial charge in [0.2, 0.25) is 0 Å². The first-order valence-corrected chi connectivity index (χ1v) is 5.74. The van der Waals surface area contributed by atoms with Crippen molar-refractivity contribution in [3.8, 4) is 0 Å². The van der Waals surface area contributed by atoms with Gasteiger partial charge in [-0.1, -0.05) is 38.4 Å². The zero-order valence-electron chi connectivity index (χ0n) is 9.55. The lowest BCUT2D eigenvalue weighted by atomic mass is 10.0. The number of nitrogens with one attached hydrogen (secondary N) is 1. The standard InChI is InChI=1S/C12H19ClN2/c1-4-10(8(2)3)15-11-7-5-6-9(13)12(11)14/h5-8,10,15H,4,14H2,1-3H3. The fourth-order valence-electron chi connectivity index (χ4n) is 1.60. The Kier molecular flexibility index (Phi) is 4.28. The molecule has 0 spiro atoms. The molecule has 0 aromatic heterocycles. The van der Waals surface area contributed by atoms with Gasteiger partial charge in [-0.2, -0.15) is 0 Å². The van der Waals surface area contributed by atoms with Crippen LogP contribution >= 0.6 is 11.6 Å². The van der Waals surface area contributed by atoms with Gasteiger partial charge >= 0.3 is 0 Å². The van der Waals surface area contributed by atoms with E-state index in [2.05, 4.69) is 26.1 Å². The van der Waals surface area contributed by atoms with Crippen LogP contribution in [-0.2, 0) is 0 Å². The molecule has 0 radical (unpaired) electrons. The normalized spacial score (nSPS) is 12.9. The molecular weight excluding hydrogens is 208 g/mol. The lowest BCUT2D eigenvalue weighted by Crippen LogP contribution is -2.25. The molecule has 0 aliphatic rings. The minimum absolute atomic E-state index is 0.436. The van der Waals surface area contributed by atoms with Gasteiger partial charge in [0.1, 0.15) is 0 Å². The summed E-state index contributed by atoms with van der Waals surface area (Å²) in [7, 11) is 0. The van der Waals surface area contributed by atoms with Crippen LogP contribution in [0.1, 0.15) is 27.2 Å². The molecule has 84 valence electrons. The van der Waals surface area contributed by atoms with Crippen molar-refractivity contribution in [1.29, 1.82) is 0 Å². The van der Waals surface area contributed by atoms with Gasteiger partial charge in [0.25, 0.3) is 0 Å². The highest BCUT2D eigenvalue weighted by Gasteiger charge is 2.12. The number of benzene rings is 1. The van der Waals surface area contributed by atoms with Crippen LogP contribution in [0.5, 0.6) is 0 Å². The first kappa shape index (κ1) is 12.2. The van der Waals surface area contributed by atoms with Crippen molar-refractivity contribution in [2.75, 3.05) is 11.1 Å². The van der Waals surface area contributed by atoms with Crippen LogP contribution in [0.3, 0.4) is 0 Å². The van der Waals surface area contributed by atoms with Gasteiger partial charge in [0.05, 0.1) is 16.4 Å². The van der Waals surface area contributed by atoms with E-state index < -0.39 is 0 Å². The molecule has 1 atom stereocenters. The summed E-state index contributed by atoms with van der Waals surface area (Å²) in [5.41, 5.74) is 7.46. The highest BCUT2D eigenvalue weighted by Crippen LogP contribution is 2.28. The SMILES string of the molecule is CCC(Nc1cccc(Cl)c1N)C(C)C. The van der Waals surface area contributed by atoms with Crippen molar-refractivity contribution in [1.82, 2.24) is 0 Å². The van der Waals surface area contributed by atoms with Crippen LogP contribution in [0.25, 0.3) is 0 Å². The van der Waals surface area contributed by atoms with Gasteiger partial charge in [-0.3, -0.25) is 0 Å². The van der Waals surface area contributed by atoms with E-state index in [9.17, 15) is 0 Å². The minimum Gasteiger partial charge on any atom is -0.396 e. The number of hydrogen-bond acceptors (Lipinski definition) is 2. The highest BCUT2D eigenvalue weighted by molar-refractivity contribution is 6.33. The number of hydrogen-bond donors (Lipinski definition) is 2. The van der Waals surface area contributed by atoms with Crippen LogP contribution in [-0.4, -0.2) is 6.04 Å². The summed E-state index contributed by atoms with van der Waals surface area (Å²) in [4.78, 5) is 0. The van der Waals surface area contributed by atoms with Crippen molar-refractivity contribution in [3.63, 3.8) is 0 Å². The predicted octanol–water partition coefficient (Wildman–Crippen LogP) is 3.77. The van der Waals surface area contributed by atoms with Gasteiger partial charge in [-0.25, -0.2) is 0 Å². The van der Waals surface area contributed by atoms with Crippen LogP contribution in [0.4, 0.5) is 11.4 Å². The molecule has 15 heavy (non-hydrogen) atoms. The average molecular weight is 227 g/mol. The van der Waals surface area contributed by atoms with Crippen LogP contribution in [0, 0.1) is 5.92 Å². The Labute approximate surface area is 96.8 Å². The predicted molar refractivity (Wildman–Crippen MR) is 68.4 cm³/mol. The van der Waals surface area contributed by atoms with E-state index in [1.807, 2.05) is 12.1 Å². The third-order valence-corrected chi connectivity index (χ3v) is 2.97. The molecule has 1 aromatic carbocycles. The van der Waals surface area contributed by atoms with Gasteiger partial charge in [-0.15, -0.1) is 0 Å². The summed E-state index contributed by atoms with van der Waals surface area (Å²) in [5.74, 6) is 0.577. The van der Waals surface area contributed by atoms with Crippen LogP contribution in [0.15, 0.2) is 18.2 Å². The molecular formula is C12H19ClN2. The summed E-state index contributed by atoms with van der Waals surface area (Å²) >= 11 is 5.96. The first-order valence-electron chi connectivity index (χ1n) is 5.36. The largest absolute Gasteiger partial charge is 0.396 e. The maximum Gasteiger partial charge on any atom is 0.0739 e. The number of halogens is 1. The number of anilines is 2. The second-order valence-electron chi connectivity index (χ2n) is 4.10. The van der Waals surface area contributed by atoms with E-state index in [1.54, 1.807) is 6.07 Å². The molecule has 0 aliphatic heterocycles. The first-order chi connectivity index (χ1) is 7.06. The molecule has 0 amide bonds. The molecule has 0 heterocycles. The lowest BCUT2D eigenvalue weighted by Gasteiger charge is -2.23. The average Bonchev–Trinajstić information content (AvgIpc) is 2.19. The van der Waals surface area contributed by atoms with Crippen molar-refractivity contribution < 1.29 is 0 Å². The Morgan fingerprint density at radius 1 is 1.40 bits per heavy atom. The van der Waals surface area contributed by atoms with Gasteiger partial charge < -0.3 is 11.1 Å². The molecule has 1 rings (SSSR count). The summed E-state index contributed by atoms with van der Waals surface area (Å²) in [5, 5.41) is 4.04. The van der Waals surface area contributed by atoms with Crippen molar-refractivity contribution in [2.24, 2.45) is 5.92 Å². The Hall–Kier alpha value is -0.890. The highest BCUT2D eigenvalue weighted by atomic mass is 35.5. The maximum atomic E-state index is 5.96. The number of nitrogens with two attached hydrogens (primary N) is 1. The smallest absolute Gasteiger partial charge is 0.0739 e. The molecule has 1 aromatic rings. The van der Waals surface area contributed by atoms with E-state index in [4.69, 9.17) is 17.3 Å². The molecule has 0 fully saturated rings. The van der Waals surface area contributed by atoms with Crippen LogP contribution < -0.4 is 11.1 Å². The maximum absolute atomic E-state index is 5.96. The molecule has 0 saturated carbocycles. The van der Waals surface area contributed by atoms with E-state index in [-0.39, 0.29) is 0 Å². The Morgan fingerprint density at radius 3 is 2.60 bits per heavy atom. The van der Waals surface area contributed by atoms with Crippen molar-refractivity contribution >= 4 is 23.0 Å². The number of rotatable bonds is 4. The molecule has 2 nitrogen and oxygen atoms in total. The van der Waals surface area contributed by atoms with Gasteiger partial charge in [-0.05, 0) is 24.5 Å². The van der Waals surface area contributed by atoms with E-state index in [1.165, 1.54) is 0 Å². The number of para-hydroxylation sites is 1. The fourth-order valence-corrected chi connectivity index (χ4v) is 1.78. The van der Waals surface area contributed by atoms with Crippen molar-refractivity contribution in [2.45, 2.75) is 33.2 Å². The summed E-state index contributed by atoms with van der Waals surface area (Å²) < 4.78 is 0. The molecule has 1 unspecified atom stereocenters. The molecule has 0 aliphatic carbocycles. The second-order valence-corrected chi connectivity index (χ2v) is 4.51. The zero-order chi connectivity index (χ0) is 11.4. The Bertz CT molecular complexity index is 323. The molecule has 3 heteroatoms. The van der Waals surface area contributed by atoms with Crippen molar-refractivity contribution in [3.05, 3.63) is 23.2 Å². The quantitative estimate of drug-likeness (QED) is 0.768. The van der Waals surface area contributed by atoms with Gasteiger partial charge in [0.15, 0.2) is 0 Å². The fraction of sp³-hybridized carbons (Fsp3) is 0.500. The molecule has 0 saturated heterocycles. The van der Waals surface area contributed by atoms with E-state index in [0.717, 1.165) is 12.1 Å². The monoisotopic (exact) mass is 226 g/mol. The Balaban J connectivity index is 2.84. The summed E-state index contributed by atoms with van der Waals surface area (Å²) in [6.45, 7) is 6.56. The van der Waals surface area contributed by atoms with E-state index >= 15 is 0 Å². The Morgan fingerprint density at radius 2 is 2.07 bits per heavy atom. The van der Waals surface area contributed by atoms with Crippen LogP contribution in [0.2, 0.25) is 5.02 Å².